The summed E-state index contributed by atoms with van der Waals surface area (Å²) in [6, 6.07) is 10.1. The van der Waals surface area contributed by atoms with Crippen molar-refractivity contribution in [2.24, 2.45) is 0 Å². The number of ketones is 1. The van der Waals surface area contributed by atoms with Crippen molar-refractivity contribution in [3.63, 3.8) is 0 Å². The molecule has 0 aliphatic carbocycles. The molecule has 3 rings (SSSR count). The third kappa shape index (κ3) is 2.78. The van der Waals surface area contributed by atoms with Crippen LogP contribution in [0.5, 0.6) is 0 Å². The molecule has 22 heavy (non-hydrogen) atoms. The lowest BCUT2D eigenvalue weighted by Crippen LogP contribution is -2.12. The first-order valence-corrected chi connectivity index (χ1v) is 7.45. The molecule has 2 aromatic carbocycles. The van der Waals surface area contributed by atoms with Crippen LogP contribution in [0.3, 0.4) is 0 Å². The van der Waals surface area contributed by atoms with E-state index in [0.717, 1.165) is 4.90 Å². The smallest absolute Gasteiger partial charge is 0.269 e. The number of benzene rings is 2. The zero-order chi connectivity index (χ0) is 15.7. The average molecular weight is 315 g/mol. The Labute approximate surface area is 129 Å². The first kappa shape index (κ1) is 14.5. The first-order valence-electron chi connectivity index (χ1n) is 6.46. The lowest BCUT2D eigenvalue weighted by molar-refractivity contribution is -0.384. The number of halogens is 1. The van der Waals surface area contributed by atoms with E-state index < -0.39 is 10.7 Å². The number of rotatable bonds is 2. The maximum Gasteiger partial charge on any atom is 0.269 e. The van der Waals surface area contributed by atoms with Gasteiger partial charge in [-0.1, -0.05) is 0 Å². The van der Waals surface area contributed by atoms with Gasteiger partial charge in [-0.3, -0.25) is 14.9 Å². The van der Waals surface area contributed by atoms with E-state index in [1.165, 1.54) is 36.0 Å². The standard InChI is InChI=1S/C16H10FNO3S/c17-12-3-6-15-14(8-12)16(19)11(9-22-15)7-10-1-4-13(5-2-10)18(20)21/h1-8H,9H2/b11-7+. The lowest BCUT2D eigenvalue weighted by atomic mass is 10.0. The molecule has 2 aromatic rings. The summed E-state index contributed by atoms with van der Waals surface area (Å²) in [4.78, 5) is 23.3. The molecule has 110 valence electrons. The molecule has 0 radical (unpaired) electrons. The summed E-state index contributed by atoms with van der Waals surface area (Å²) in [6.45, 7) is 0. The van der Waals surface area contributed by atoms with Crippen LogP contribution in [0.25, 0.3) is 6.08 Å². The average Bonchev–Trinajstić information content (AvgIpc) is 2.51. The summed E-state index contributed by atoms with van der Waals surface area (Å²) >= 11 is 1.47. The molecular weight excluding hydrogens is 305 g/mol. The predicted molar refractivity (Wildman–Crippen MR) is 82.5 cm³/mol. The predicted octanol–water partition coefficient (Wildman–Crippen LogP) is 4.11. The van der Waals surface area contributed by atoms with Gasteiger partial charge in [-0.05, 0) is 42.0 Å². The van der Waals surface area contributed by atoms with Crippen LogP contribution < -0.4 is 0 Å². The highest BCUT2D eigenvalue weighted by molar-refractivity contribution is 7.99. The third-order valence-electron chi connectivity index (χ3n) is 3.31. The van der Waals surface area contributed by atoms with Crippen molar-refractivity contribution in [3.05, 3.63) is 75.1 Å². The van der Waals surface area contributed by atoms with Crippen LogP contribution in [-0.4, -0.2) is 16.5 Å². The quantitative estimate of drug-likeness (QED) is 0.475. The van der Waals surface area contributed by atoms with E-state index in [1.807, 2.05) is 0 Å². The SMILES string of the molecule is O=C1/C(=C/c2ccc([N+](=O)[O-])cc2)CSc2ccc(F)cc21. The van der Waals surface area contributed by atoms with E-state index >= 15 is 0 Å². The van der Waals surface area contributed by atoms with Crippen molar-refractivity contribution in [1.29, 1.82) is 0 Å². The van der Waals surface area contributed by atoms with Gasteiger partial charge in [-0.25, -0.2) is 4.39 Å². The van der Waals surface area contributed by atoms with Crippen molar-refractivity contribution in [2.75, 3.05) is 5.75 Å². The highest BCUT2D eigenvalue weighted by Gasteiger charge is 2.23. The number of fused-ring (bicyclic) bond motifs is 1. The minimum atomic E-state index is -0.475. The van der Waals surface area contributed by atoms with Crippen molar-refractivity contribution < 1.29 is 14.1 Å². The number of non-ortho nitro benzene ring substituents is 1. The van der Waals surface area contributed by atoms with Gasteiger partial charge in [0, 0.05) is 33.9 Å². The van der Waals surface area contributed by atoms with Crippen molar-refractivity contribution >= 4 is 29.3 Å². The zero-order valence-electron chi connectivity index (χ0n) is 11.3. The van der Waals surface area contributed by atoms with Gasteiger partial charge in [0.1, 0.15) is 5.82 Å². The summed E-state index contributed by atoms with van der Waals surface area (Å²) in [5.41, 5.74) is 1.62. The normalized spacial score (nSPS) is 15.7. The molecule has 0 unspecified atom stereocenters. The van der Waals surface area contributed by atoms with Crippen molar-refractivity contribution in [3.8, 4) is 0 Å². The number of carbonyl (C=O) groups excluding carboxylic acids is 1. The number of nitrogens with zero attached hydrogens (tertiary/aromatic N) is 1. The summed E-state index contributed by atoms with van der Waals surface area (Å²) in [5, 5.41) is 10.6. The maximum atomic E-state index is 13.3. The molecule has 1 heterocycles. The molecular formula is C16H10FNO3S. The molecule has 0 aromatic heterocycles. The second-order valence-corrected chi connectivity index (χ2v) is 5.79. The van der Waals surface area contributed by atoms with Crippen LogP contribution in [0.1, 0.15) is 15.9 Å². The van der Waals surface area contributed by atoms with Crippen LogP contribution in [-0.2, 0) is 0 Å². The molecule has 0 N–H and O–H groups in total. The fourth-order valence-corrected chi connectivity index (χ4v) is 3.20. The molecule has 1 aliphatic rings. The first-order chi connectivity index (χ1) is 10.5. The highest BCUT2D eigenvalue weighted by Crippen LogP contribution is 2.33. The number of hydrogen-bond donors (Lipinski definition) is 0. The van der Waals surface area contributed by atoms with Gasteiger partial charge in [0.05, 0.1) is 4.92 Å². The fraction of sp³-hybridized carbons (Fsp3) is 0.0625. The van der Waals surface area contributed by atoms with E-state index in [-0.39, 0.29) is 11.5 Å². The van der Waals surface area contributed by atoms with E-state index in [9.17, 15) is 19.3 Å². The molecule has 0 bridgehead atoms. The van der Waals surface area contributed by atoms with Gasteiger partial charge in [0.2, 0.25) is 0 Å². The molecule has 0 atom stereocenters. The van der Waals surface area contributed by atoms with E-state index in [0.29, 0.717) is 22.5 Å². The summed E-state index contributed by atoms with van der Waals surface area (Å²) in [6.07, 6.45) is 1.69. The minimum absolute atomic E-state index is 0.00101. The molecule has 0 saturated heterocycles. The van der Waals surface area contributed by atoms with Crippen LogP contribution in [0.15, 0.2) is 52.9 Å². The summed E-state index contributed by atoms with van der Waals surface area (Å²) in [5.74, 6) is -0.148. The molecule has 0 fully saturated rings. The Bertz CT molecular complexity index is 800. The number of hydrogen-bond acceptors (Lipinski definition) is 4. The summed E-state index contributed by atoms with van der Waals surface area (Å²) in [7, 11) is 0. The second kappa shape index (κ2) is 5.73. The van der Waals surface area contributed by atoms with Crippen molar-refractivity contribution in [1.82, 2.24) is 0 Å². The number of Topliss-reactive ketones (excluding diaryl/α,β-unsaturated/α-hetero) is 1. The maximum absolute atomic E-state index is 13.3. The Morgan fingerprint density at radius 2 is 1.91 bits per heavy atom. The van der Waals surface area contributed by atoms with Crippen LogP contribution >= 0.6 is 11.8 Å². The molecule has 0 spiro atoms. The van der Waals surface area contributed by atoms with Gasteiger partial charge < -0.3 is 0 Å². The Hall–Kier alpha value is -2.47. The number of carbonyl (C=O) groups is 1. The van der Waals surface area contributed by atoms with E-state index in [2.05, 4.69) is 0 Å². The Morgan fingerprint density at radius 1 is 1.18 bits per heavy atom. The molecule has 6 heteroatoms. The zero-order valence-corrected chi connectivity index (χ0v) is 12.1. The Balaban J connectivity index is 1.92. The molecule has 0 saturated carbocycles. The van der Waals surface area contributed by atoms with E-state index in [4.69, 9.17) is 0 Å². The van der Waals surface area contributed by atoms with Crippen molar-refractivity contribution in [2.45, 2.75) is 4.90 Å². The summed E-state index contributed by atoms with van der Waals surface area (Å²) < 4.78 is 13.3. The van der Waals surface area contributed by atoms with Gasteiger partial charge in [-0.2, -0.15) is 0 Å². The highest BCUT2D eigenvalue weighted by atomic mass is 32.2. The van der Waals surface area contributed by atoms with E-state index in [1.54, 1.807) is 24.3 Å². The van der Waals surface area contributed by atoms with Crippen LogP contribution in [0.4, 0.5) is 10.1 Å². The Kier molecular flexibility index (Phi) is 3.77. The second-order valence-electron chi connectivity index (χ2n) is 4.78. The lowest BCUT2D eigenvalue weighted by Gasteiger charge is -2.16. The van der Waals surface area contributed by atoms with Gasteiger partial charge in [0.25, 0.3) is 5.69 Å². The van der Waals surface area contributed by atoms with Gasteiger partial charge >= 0.3 is 0 Å². The topological polar surface area (TPSA) is 60.2 Å². The fourth-order valence-electron chi connectivity index (χ4n) is 2.20. The molecule has 4 nitrogen and oxygen atoms in total. The monoisotopic (exact) mass is 315 g/mol. The number of nitro benzene ring substituents is 1. The molecule has 0 amide bonds. The number of thioether (sulfide) groups is 1. The number of nitro groups is 1. The van der Waals surface area contributed by atoms with Gasteiger partial charge in [-0.15, -0.1) is 11.8 Å². The molecule has 1 aliphatic heterocycles. The Morgan fingerprint density at radius 3 is 2.59 bits per heavy atom. The third-order valence-corrected chi connectivity index (χ3v) is 4.43. The largest absolute Gasteiger partial charge is 0.289 e. The van der Waals surface area contributed by atoms with Crippen LogP contribution in [0.2, 0.25) is 0 Å². The minimum Gasteiger partial charge on any atom is -0.289 e. The van der Waals surface area contributed by atoms with Crippen LogP contribution in [0, 0.1) is 15.9 Å². The van der Waals surface area contributed by atoms with Gasteiger partial charge in [0.15, 0.2) is 5.78 Å².